The van der Waals surface area contributed by atoms with Crippen LogP contribution in [-0.4, -0.2) is 40.6 Å². The van der Waals surface area contributed by atoms with Gasteiger partial charge in [0.1, 0.15) is 16.9 Å². The number of para-hydroxylation sites is 1. The van der Waals surface area contributed by atoms with Crippen molar-refractivity contribution in [3.05, 3.63) is 77.6 Å². The molecule has 5 rings (SSSR count). The van der Waals surface area contributed by atoms with Crippen molar-refractivity contribution in [2.75, 3.05) is 19.0 Å². The molecule has 1 saturated heterocycles. The third-order valence-corrected chi connectivity index (χ3v) is 5.99. The maximum absolute atomic E-state index is 13.3. The van der Waals surface area contributed by atoms with Gasteiger partial charge in [0, 0.05) is 18.4 Å². The molecule has 2 aliphatic heterocycles. The molecule has 1 aromatic heterocycles. The van der Waals surface area contributed by atoms with Gasteiger partial charge < -0.3 is 15.0 Å². The molecule has 0 unspecified atom stereocenters. The van der Waals surface area contributed by atoms with Crippen LogP contribution in [0.3, 0.4) is 0 Å². The first-order chi connectivity index (χ1) is 14.1. The number of amides is 2. The van der Waals surface area contributed by atoms with Crippen molar-refractivity contribution in [2.24, 2.45) is 0 Å². The minimum atomic E-state index is -0.849. The van der Waals surface area contributed by atoms with Crippen molar-refractivity contribution in [2.45, 2.75) is 17.9 Å². The zero-order valence-corrected chi connectivity index (χ0v) is 15.9. The van der Waals surface area contributed by atoms with E-state index in [-0.39, 0.29) is 11.8 Å². The number of methoxy groups -OCH3 is 1. The Morgan fingerprint density at radius 1 is 1.21 bits per heavy atom. The van der Waals surface area contributed by atoms with Crippen LogP contribution in [0.5, 0.6) is 5.75 Å². The minimum absolute atomic E-state index is 0.0774. The molecule has 0 saturated carbocycles. The summed E-state index contributed by atoms with van der Waals surface area (Å²) in [6.07, 6.45) is 2.09. The second kappa shape index (κ2) is 6.48. The molecule has 3 heterocycles. The molecule has 1 fully saturated rings. The SMILES string of the molecule is COc1cccc([C@@H]2N(C(=O)c3ccn[nH]3)CC[C@]23C(=O)Nc2ccccc23)c1. The lowest BCUT2D eigenvalue weighted by molar-refractivity contribution is -0.121. The first-order valence-corrected chi connectivity index (χ1v) is 9.50. The van der Waals surface area contributed by atoms with Gasteiger partial charge in [-0.3, -0.25) is 14.7 Å². The highest BCUT2D eigenvalue weighted by atomic mass is 16.5. The molecule has 2 N–H and O–H groups in total. The Hall–Kier alpha value is -3.61. The van der Waals surface area contributed by atoms with Gasteiger partial charge in [-0.05, 0) is 41.8 Å². The van der Waals surface area contributed by atoms with Crippen LogP contribution in [0, 0.1) is 0 Å². The highest BCUT2D eigenvalue weighted by Crippen LogP contribution is 2.55. The molecule has 0 bridgehead atoms. The van der Waals surface area contributed by atoms with E-state index in [0.29, 0.717) is 24.4 Å². The molecule has 7 nitrogen and oxygen atoms in total. The molecule has 2 aliphatic rings. The number of anilines is 1. The molecule has 146 valence electrons. The van der Waals surface area contributed by atoms with Gasteiger partial charge in [0.25, 0.3) is 5.91 Å². The van der Waals surface area contributed by atoms with Crippen molar-refractivity contribution in [3.63, 3.8) is 0 Å². The van der Waals surface area contributed by atoms with E-state index < -0.39 is 11.5 Å². The van der Waals surface area contributed by atoms with Crippen LogP contribution in [0.25, 0.3) is 0 Å². The van der Waals surface area contributed by atoms with Crippen LogP contribution in [0.4, 0.5) is 5.69 Å². The molecule has 2 atom stereocenters. The zero-order chi connectivity index (χ0) is 20.0. The smallest absolute Gasteiger partial charge is 0.272 e. The number of aromatic amines is 1. The Morgan fingerprint density at radius 2 is 2.07 bits per heavy atom. The van der Waals surface area contributed by atoms with Gasteiger partial charge in [-0.2, -0.15) is 5.10 Å². The molecular weight excluding hydrogens is 368 g/mol. The molecule has 7 heteroatoms. The summed E-state index contributed by atoms with van der Waals surface area (Å²) in [6, 6.07) is 16.5. The summed E-state index contributed by atoms with van der Waals surface area (Å²) in [5.74, 6) is 0.431. The van der Waals surface area contributed by atoms with E-state index in [0.717, 1.165) is 16.8 Å². The van der Waals surface area contributed by atoms with Gasteiger partial charge in [0.05, 0.1) is 13.2 Å². The normalized spacial score (nSPS) is 22.6. The number of H-pyrrole nitrogens is 1. The summed E-state index contributed by atoms with van der Waals surface area (Å²) in [7, 11) is 1.61. The predicted octanol–water partition coefficient (Wildman–Crippen LogP) is 2.90. The maximum atomic E-state index is 13.3. The molecule has 2 aromatic carbocycles. The third kappa shape index (κ3) is 2.47. The number of nitrogens with zero attached hydrogens (tertiary/aromatic N) is 2. The molecule has 0 aliphatic carbocycles. The standard InChI is InChI=1S/C22H20N4O3/c1-29-15-6-4-5-14(13-15)19-22(16-7-2-3-8-17(16)24-21(22)28)10-12-26(19)20(27)18-9-11-23-25-18/h2-9,11,13,19H,10,12H2,1H3,(H,23,25)(H,24,28)/t19-,22+/m0/s1. The van der Waals surface area contributed by atoms with Gasteiger partial charge in [-0.15, -0.1) is 0 Å². The van der Waals surface area contributed by atoms with Gasteiger partial charge in [0.2, 0.25) is 5.91 Å². The number of aromatic nitrogens is 2. The number of hydrogen-bond acceptors (Lipinski definition) is 4. The van der Waals surface area contributed by atoms with E-state index in [1.165, 1.54) is 0 Å². The number of carbonyl (C=O) groups is 2. The quantitative estimate of drug-likeness (QED) is 0.722. The average molecular weight is 388 g/mol. The average Bonchev–Trinajstić information content (AvgIpc) is 3.48. The van der Waals surface area contributed by atoms with E-state index in [9.17, 15) is 9.59 Å². The summed E-state index contributed by atoms with van der Waals surface area (Å²) in [5.41, 5.74) is 2.15. The Balaban J connectivity index is 1.69. The lowest BCUT2D eigenvalue weighted by Gasteiger charge is -2.34. The second-order valence-corrected chi connectivity index (χ2v) is 7.37. The number of hydrogen-bond donors (Lipinski definition) is 2. The molecule has 0 radical (unpaired) electrons. The predicted molar refractivity (Wildman–Crippen MR) is 107 cm³/mol. The summed E-state index contributed by atoms with van der Waals surface area (Å²) in [6.45, 7) is 0.460. The fraction of sp³-hybridized carbons (Fsp3) is 0.227. The first kappa shape index (κ1) is 17.5. The highest BCUT2D eigenvalue weighted by Gasteiger charge is 2.59. The Bertz CT molecular complexity index is 1090. The van der Waals surface area contributed by atoms with Crippen molar-refractivity contribution in [1.29, 1.82) is 0 Å². The Labute approximate surface area is 167 Å². The summed E-state index contributed by atoms with van der Waals surface area (Å²) in [4.78, 5) is 28.4. The Morgan fingerprint density at radius 3 is 2.86 bits per heavy atom. The van der Waals surface area contributed by atoms with E-state index in [4.69, 9.17) is 4.74 Å². The molecule has 1 spiro atoms. The molecular formula is C22H20N4O3. The number of likely N-dealkylation sites (tertiary alicyclic amines) is 1. The van der Waals surface area contributed by atoms with Crippen molar-refractivity contribution >= 4 is 17.5 Å². The van der Waals surface area contributed by atoms with Crippen molar-refractivity contribution in [3.8, 4) is 5.75 Å². The maximum Gasteiger partial charge on any atom is 0.272 e. The minimum Gasteiger partial charge on any atom is -0.497 e. The fourth-order valence-corrected chi connectivity index (χ4v) is 4.71. The molecule has 3 aromatic rings. The fourth-order valence-electron chi connectivity index (χ4n) is 4.71. The largest absolute Gasteiger partial charge is 0.497 e. The van der Waals surface area contributed by atoms with E-state index >= 15 is 0 Å². The van der Waals surface area contributed by atoms with Crippen molar-refractivity contribution in [1.82, 2.24) is 15.1 Å². The summed E-state index contributed by atoms with van der Waals surface area (Å²) in [5, 5.41) is 9.68. The van der Waals surface area contributed by atoms with Gasteiger partial charge >= 0.3 is 0 Å². The number of carbonyl (C=O) groups excluding carboxylic acids is 2. The number of rotatable bonds is 3. The molecule has 29 heavy (non-hydrogen) atoms. The van der Waals surface area contributed by atoms with Crippen LogP contribution >= 0.6 is 0 Å². The summed E-state index contributed by atoms with van der Waals surface area (Å²) >= 11 is 0. The molecule has 2 amide bonds. The third-order valence-electron chi connectivity index (χ3n) is 5.99. The lowest BCUT2D eigenvalue weighted by atomic mass is 9.72. The number of nitrogens with one attached hydrogen (secondary N) is 2. The Kier molecular flexibility index (Phi) is 3.91. The van der Waals surface area contributed by atoms with Crippen LogP contribution in [0.15, 0.2) is 60.8 Å². The topological polar surface area (TPSA) is 87.3 Å². The first-order valence-electron chi connectivity index (χ1n) is 9.50. The number of ether oxygens (including phenoxy) is 1. The zero-order valence-electron chi connectivity index (χ0n) is 15.9. The number of fused-ring (bicyclic) bond motifs is 2. The van der Waals surface area contributed by atoms with Crippen LogP contribution < -0.4 is 10.1 Å². The van der Waals surface area contributed by atoms with Crippen LogP contribution in [0.2, 0.25) is 0 Å². The lowest BCUT2D eigenvalue weighted by Crippen LogP contribution is -2.42. The van der Waals surface area contributed by atoms with Gasteiger partial charge in [-0.1, -0.05) is 30.3 Å². The van der Waals surface area contributed by atoms with Crippen LogP contribution in [0.1, 0.15) is 34.1 Å². The second-order valence-electron chi connectivity index (χ2n) is 7.37. The van der Waals surface area contributed by atoms with Crippen LogP contribution in [-0.2, 0) is 10.2 Å². The highest BCUT2D eigenvalue weighted by molar-refractivity contribution is 6.08. The van der Waals surface area contributed by atoms with Crippen molar-refractivity contribution < 1.29 is 14.3 Å². The van der Waals surface area contributed by atoms with E-state index in [2.05, 4.69) is 15.5 Å². The monoisotopic (exact) mass is 388 g/mol. The number of benzene rings is 2. The van der Waals surface area contributed by atoms with E-state index in [1.807, 2.05) is 48.5 Å². The van der Waals surface area contributed by atoms with E-state index in [1.54, 1.807) is 24.3 Å². The van der Waals surface area contributed by atoms with Gasteiger partial charge in [-0.25, -0.2) is 0 Å². The van der Waals surface area contributed by atoms with Gasteiger partial charge in [0.15, 0.2) is 0 Å². The summed E-state index contributed by atoms with van der Waals surface area (Å²) < 4.78 is 5.41.